The summed E-state index contributed by atoms with van der Waals surface area (Å²) < 4.78 is 44.1. The molecule has 1 aromatic carbocycles. The Morgan fingerprint density at radius 2 is 1.61 bits per heavy atom. The molecule has 0 saturated carbocycles. The molecule has 2 saturated heterocycles. The number of imidazole rings is 3. The van der Waals surface area contributed by atoms with Gasteiger partial charge in [0.1, 0.15) is 6.61 Å². The molecule has 6 heterocycles. The van der Waals surface area contributed by atoms with E-state index in [9.17, 15) is 28.8 Å². The third kappa shape index (κ3) is 10.3. The summed E-state index contributed by atoms with van der Waals surface area (Å²) in [6.07, 6.45) is 7.37. The number of hydrogen-bond donors (Lipinski definition) is 2. The Bertz CT molecular complexity index is 2490. The van der Waals surface area contributed by atoms with Crippen LogP contribution in [-0.4, -0.2) is 128 Å². The van der Waals surface area contributed by atoms with E-state index in [1.165, 1.54) is 63.5 Å². The van der Waals surface area contributed by atoms with Gasteiger partial charge in [-0.05, 0) is 51.5 Å². The molecule has 352 valence electrons. The third-order valence-corrected chi connectivity index (χ3v) is 10.8. The van der Waals surface area contributed by atoms with Gasteiger partial charge in [-0.15, -0.1) is 0 Å². The van der Waals surface area contributed by atoms with Crippen molar-refractivity contribution in [3.8, 4) is 17.4 Å². The van der Waals surface area contributed by atoms with Crippen LogP contribution in [0.2, 0.25) is 0 Å². The van der Waals surface area contributed by atoms with Gasteiger partial charge in [0.15, 0.2) is 35.7 Å². The number of nitrogens with zero attached hydrogens (tertiary/aromatic N) is 8. The van der Waals surface area contributed by atoms with Crippen LogP contribution >= 0.6 is 0 Å². The monoisotopic (exact) mass is 916 g/mol. The number of rotatable bonds is 17. The van der Waals surface area contributed by atoms with Gasteiger partial charge < -0.3 is 62.4 Å². The molecule has 23 nitrogen and oxygen atoms in total. The number of carbonyl (C=O) groups excluding carboxylic acids is 6. The maximum Gasteiger partial charge on any atom is 0.416 e. The van der Waals surface area contributed by atoms with Crippen molar-refractivity contribution >= 4 is 53.1 Å². The number of amides is 4. The first-order valence-corrected chi connectivity index (χ1v) is 21.4. The van der Waals surface area contributed by atoms with Crippen LogP contribution in [-0.2, 0) is 44.9 Å². The molecule has 3 aromatic heterocycles. The van der Waals surface area contributed by atoms with Crippen LogP contribution in [0.15, 0.2) is 43.4 Å². The molecule has 23 heteroatoms. The second-order valence-electron chi connectivity index (χ2n) is 15.5. The Kier molecular flexibility index (Phi) is 14.7. The lowest BCUT2D eigenvalue weighted by Crippen LogP contribution is -2.54. The lowest BCUT2D eigenvalue weighted by Gasteiger charge is -2.38. The molecule has 3 aliphatic heterocycles. The summed E-state index contributed by atoms with van der Waals surface area (Å²) in [4.78, 5) is 94.8. The topological polar surface area (TPSA) is 251 Å². The standard InChI is InChI=1S/C43H52N10O13/c1-7-17-64-43(59)53-27-21-29(28(60-6)20-25(27)39(56)52-16-11-13-26(52)40(53)66-34-15-9-10-18-63-34)62-19-12-14-32(54)44-30-22-49(3)35(45-30)38(55)47-31-23-50(4)37(46-31)42(58)65-33-24-51(5)36(48-33)41(57)61-8-2/h7,20-24,26,34,40H,1,8-19H2,2-6H3,(H,44,54)(H,47,55)/t26-,34?,40?/m0/s1. The molecule has 2 N–H and O–H groups in total. The minimum absolute atomic E-state index is 0.00670. The molecule has 66 heavy (non-hydrogen) atoms. The lowest BCUT2D eigenvalue weighted by molar-refractivity contribution is -0.195. The number of anilines is 3. The number of fused-ring (bicyclic) bond motifs is 2. The molecule has 2 fully saturated rings. The number of ether oxygens (including phenoxy) is 7. The average Bonchev–Trinajstić information content (AvgIpc) is 4.09. The van der Waals surface area contributed by atoms with Crippen LogP contribution in [0, 0.1) is 0 Å². The van der Waals surface area contributed by atoms with Gasteiger partial charge in [-0.1, -0.05) is 12.7 Å². The van der Waals surface area contributed by atoms with Crippen LogP contribution < -0.4 is 29.7 Å². The second-order valence-corrected chi connectivity index (χ2v) is 15.5. The number of esters is 2. The number of aromatic nitrogens is 6. The molecule has 0 bridgehead atoms. The zero-order chi connectivity index (χ0) is 47.1. The summed E-state index contributed by atoms with van der Waals surface area (Å²) in [5, 5.41) is 5.26. The van der Waals surface area contributed by atoms with Crippen molar-refractivity contribution in [1.82, 2.24) is 33.6 Å². The Hall–Kier alpha value is -7.27. The summed E-state index contributed by atoms with van der Waals surface area (Å²) in [6, 6.07) is 2.62. The first kappa shape index (κ1) is 46.7. The van der Waals surface area contributed by atoms with E-state index < -0.39 is 48.4 Å². The fourth-order valence-electron chi connectivity index (χ4n) is 7.78. The Morgan fingerprint density at radius 1 is 0.879 bits per heavy atom. The van der Waals surface area contributed by atoms with Crippen molar-refractivity contribution in [3.63, 3.8) is 0 Å². The minimum Gasteiger partial charge on any atom is -0.493 e. The first-order chi connectivity index (χ1) is 31.8. The van der Waals surface area contributed by atoms with Crippen molar-refractivity contribution in [2.45, 2.75) is 70.4 Å². The van der Waals surface area contributed by atoms with Gasteiger partial charge in [0, 0.05) is 59.2 Å². The van der Waals surface area contributed by atoms with Crippen LogP contribution in [0.3, 0.4) is 0 Å². The highest BCUT2D eigenvalue weighted by Gasteiger charge is 2.48. The van der Waals surface area contributed by atoms with E-state index in [0.717, 1.165) is 19.3 Å². The van der Waals surface area contributed by atoms with Gasteiger partial charge >= 0.3 is 18.0 Å². The predicted molar refractivity (Wildman–Crippen MR) is 231 cm³/mol. The van der Waals surface area contributed by atoms with E-state index in [0.29, 0.717) is 26.0 Å². The van der Waals surface area contributed by atoms with Gasteiger partial charge in [0.25, 0.3) is 11.8 Å². The Balaban J connectivity index is 0.971. The number of benzene rings is 1. The van der Waals surface area contributed by atoms with Gasteiger partial charge in [-0.25, -0.2) is 29.3 Å². The molecule has 3 aliphatic rings. The second kappa shape index (κ2) is 20.7. The van der Waals surface area contributed by atoms with E-state index in [-0.39, 0.29) is 96.3 Å². The smallest absolute Gasteiger partial charge is 0.416 e. The van der Waals surface area contributed by atoms with Gasteiger partial charge in [0.05, 0.1) is 43.8 Å². The Morgan fingerprint density at radius 3 is 2.33 bits per heavy atom. The highest BCUT2D eigenvalue weighted by Crippen LogP contribution is 2.42. The number of aryl methyl sites for hydroxylation is 3. The summed E-state index contributed by atoms with van der Waals surface area (Å²) in [7, 11) is 6.06. The van der Waals surface area contributed by atoms with Crippen LogP contribution in [0.25, 0.3) is 0 Å². The minimum atomic E-state index is -0.922. The van der Waals surface area contributed by atoms with E-state index in [4.69, 9.17) is 33.2 Å². The first-order valence-electron chi connectivity index (χ1n) is 21.4. The summed E-state index contributed by atoms with van der Waals surface area (Å²) in [5.74, 6) is -2.85. The number of carbonyl (C=O) groups is 6. The Labute approximate surface area is 378 Å². The number of hydrogen-bond acceptors (Lipinski definition) is 16. The summed E-state index contributed by atoms with van der Waals surface area (Å²) in [5.41, 5.74) is 0.422. The predicted octanol–water partition coefficient (Wildman–Crippen LogP) is 3.96. The molecular weight excluding hydrogens is 865 g/mol. The highest BCUT2D eigenvalue weighted by molar-refractivity contribution is 6.06. The van der Waals surface area contributed by atoms with Crippen molar-refractivity contribution in [1.29, 1.82) is 0 Å². The largest absolute Gasteiger partial charge is 0.493 e. The maximum absolute atomic E-state index is 14.1. The molecule has 0 spiro atoms. The fraction of sp³-hybridized carbons (Fsp3) is 0.465. The van der Waals surface area contributed by atoms with Gasteiger partial charge in [-0.2, -0.15) is 4.98 Å². The number of nitrogens with one attached hydrogen (secondary N) is 2. The van der Waals surface area contributed by atoms with Crippen molar-refractivity contribution in [2.75, 3.05) is 55.6 Å². The molecule has 4 amide bonds. The lowest BCUT2D eigenvalue weighted by atomic mass is 10.1. The van der Waals surface area contributed by atoms with Crippen LogP contribution in [0.4, 0.5) is 22.1 Å². The molecule has 3 atom stereocenters. The average molecular weight is 917 g/mol. The summed E-state index contributed by atoms with van der Waals surface area (Å²) in [6.45, 7) is 6.42. The molecule has 0 aliphatic carbocycles. The molecule has 0 radical (unpaired) electrons. The highest BCUT2D eigenvalue weighted by atomic mass is 16.7. The van der Waals surface area contributed by atoms with Gasteiger partial charge in [-0.3, -0.25) is 14.4 Å². The molecule has 2 unspecified atom stereocenters. The zero-order valence-electron chi connectivity index (χ0n) is 37.3. The molecule has 4 aromatic rings. The van der Waals surface area contributed by atoms with Crippen LogP contribution in [0.1, 0.15) is 94.1 Å². The normalized spacial score (nSPS) is 17.8. The maximum atomic E-state index is 14.1. The van der Waals surface area contributed by atoms with Crippen molar-refractivity contribution in [2.24, 2.45) is 21.1 Å². The quantitative estimate of drug-likeness (QED) is 0.0864. The zero-order valence-corrected chi connectivity index (χ0v) is 37.3. The molecular formula is C43H52N10O13. The van der Waals surface area contributed by atoms with E-state index in [2.05, 4.69) is 32.2 Å². The van der Waals surface area contributed by atoms with E-state index >= 15 is 0 Å². The summed E-state index contributed by atoms with van der Waals surface area (Å²) >= 11 is 0. The third-order valence-electron chi connectivity index (χ3n) is 10.8. The number of methoxy groups -OCH3 is 1. The molecule has 7 rings (SSSR count). The fourth-order valence-corrected chi connectivity index (χ4v) is 7.78. The van der Waals surface area contributed by atoms with Crippen molar-refractivity contribution < 1.29 is 61.9 Å². The van der Waals surface area contributed by atoms with Crippen LogP contribution in [0.5, 0.6) is 17.4 Å². The van der Waals surface area contributed by atoms with Crippen molar-refractivity contribution in [3.05, 3.63) is 66.4 Å². The van der Waals surface area contributed by atoms with Gasteiger partial charge in [0.2, 0.25) is 29.3 Å². The SMILES string of the molecule is C=CCOC(=O)N1c2cc(OCCCC(=O)Nc3cn(C)c(C(=O)Nc4cn(C)c(C(=O)Oc5cn(C)c(C(=O)OCC)n5)n4)n3)c(OC)cc2C(=O)N2CCC[C@H]2C1OC1CCCCO1. The van der Waals surface area contributed by atoms with E-state index in [1.807, 2.05) is 0 Å². The van der Waals surface area contributed by atoms with E-state index in [1.54, 1.807) is 32.0 Å².